The van der Waals surface area contributed by atoms with Gasteiger partial charge in [-0.1, -0.05) is 0 Å². The van der Waals surface area contributed by atoms with Crippen LogP contribution in [0.2, 0.25) is 0 Å². The normalized spacial score (nSPS) is 22.0. The van der Waals surface area contributed by atoms with Crippen molar-refractivity contribution in [2.45, 2.75) is 18.9 Å². The zero-order valence-electron chi connectivity index (χ0n) is 7.12. The molecule has 2 heterocycles. The van der Waals surface area contributed by atoms with Gasteiger partial charge in [0, 0.05) is 12.7 Å². The van der Waals surface area contributed by atoms with E-state index >= 15 is 0 Å². The lowest BCUT2D eigenvalue weighted by Gasteiger charge is -2.07. The van der Waals surface area contributed by atoms with Crippen LogP contribution in [0.3, 0.4) is 0 Å². The van der Waals surface area contributed by atoms with Crippen molar-refractivity contribution in [2.24, 2.45) is 0 Å². The molecule has 70 valence electrons. The molecule has 3 N–H and O–H groups in total. The third kappa shape index (κ3) is 1.70. The summed E-state index contributed by atoms with van der Waals surface area (Å²) >= 11 is 0. The minimum atomic E-state index is -0.224. The zero-order chi connectivity index (χ0) is 9.26. The van der Waals surface area contributed by atoms with E-state index in [2.05, 4.69) is 9.97 Å². The number of ether oxygens (including phenoxy) is 1. The number of hydrogen-bond donors (Lipinski definition) is 2. The summed E-state index contributed by atoms with van der Waals surface area (Å²) in [4.78, 5) is 17.4. The summed E-state index contributed by atoms with van der Waals surface area (Å²) in [7, 11) is 0. The van der Waals surface area contributed by atoms with Crippen LogP contribution in [0.5, 0.6) is 0 Å². The predicted molar refractivity (Wildman–Crippen MR) is 47.2 cm³/mol. The maximum Gasteiger partial charge on any atom is 0.252 e. The number of anilines is 1. The van der Waals surface area contributed by atoms with E-state index in [4.69, 9.17) is 10.5 Å². The number of H-pyrrole nitrogens is 1. The highest BCUT2D eigenvalue weighted by Gasteiger charge is 2.19. The lowest BCUT2D eigenvalue weighted by Crippen LogP contribution is -2.14. The van der Waals surface area contributed by atoms with E-state index in [1.54, 1.807) is 0 Å². The Hall–Kier alpha value is -1.36. The molecule has 0 aliphatic carbocycles. The Morgan fingerprint density at radius 2 is 2.54 bits per heavy atom. The first-order valence-corrected chi connectivity index (χ1v) is 4.24. The Morgan fingerprint density at radius 3 is 3.15 bits per heavy atom. The molecule has 1 atom stereocenters. The molecule has 5 nitrogen and oxygen atoms in total. The van der Waals surface area contributed by atoms with Gasteiger partial charge in [-0.25, -0.2) is 4.98 Å². The van der Waals surface area contributed by atoms with Crippen molar-refractivity contribution in [1.82, 2.24) is 9.97 Å². The van der Waals surface area contributed by atoms with Crippen LogP contribution in [0.25, 0.3) is 0 Å². The van der Waals surface area contributed by atoms with Crippen LogP contribution in [0, 0.1) is 0 Å². The Kier molecular flexibility index (Phi) is 2.02. The topological polar surface area (TPSA) is 81.0 Å². The number of nitrogens with two attached hydrogens (primary N) is 1. The minimum absolute atomic E-state index is 0.0513. The number of nitrogen functional groups attached to an aromatic ring is 1. The number of rotatable bonds is 1. The lowest BCUT2D eigenvalue weighted by atomic mass is 10.2. The maximum atomic E-state index is 11.0. The molecule has 0 radical (unpaired) electrons. The van der Waals surface area contributed by atoms with E-state index < -0.39 is 0 Å². The Balaban J connectivity index is 2.33. The van der Waals surface area contributed by atoms with Crippen LogP contribution in [0.15, 0.2) is 10.9 Å². The van der Waals surface area contributed by atoms with Crippen LogP contribution in [-0.4, -0.2) is 16.6 Å². The van der Waals surface area contributed by atoms with E-state index in [1.807, 2.05) is 0 Å². The highest BCUT2D eigenvalue weighted by atomic mass is 16.5. The van der Waals surface area contributed by atoms with Crippen LogP contribution in [0.4, 0.5) is 5.95 Å². The predicted octanol–water partition coefficient (Wildman–Crippen LogP) is 0.204. The molecule has 5 heteroatoms. The fraction of sp³-hybridized carbons (Fsp3) is 0.500. The summed E-state index contributed by atoms with van der Waals surface area (Å²) < 4.78 is 5.38. The molecular formula is C8H11N3O2. The molecule has 1 aromatic rings. The standard InChI is InChI=1S/C8H11N3O2/c9-8-10-5(4-7(12)11-8)6-2-1-3-13-6/h4,6H,1-3H2,(H3,9,10,11,12)/t6-/m1/s1. The van der Waals surface area contributed by atoms with Gasteiger partial charge in [-0.05, 0) is 12.8 Å². The van der Waals surface area contributed by atoms with E-state index in [1.165, 1.54) is 6.07 Å². The van der Waals surface area contributed by atoms with Gasteiger partial charge >= 0.3 is 0 Å². The van der Waals surface area contributed by atoms with Crippen molar-refractivity contribution in [3.63, 3.8) is 0 Å². The quantitative estimate of drug-likeness (QED) is 0.648. The fourth-order valence-electron chi connectivity index (χ4n) is 1.47. The molecule has 1 aliphatic heterocycles. The molecule has 0 saturated carbocycles. The molecule has 0 spiro atoms. The zero-order valence-corrected chi connectivity index (χ0v) is 7.12. The van der Waals surface area contributed by atoms with Gasteiger partial charge in [0.25, 0.3) is 5.56 Å². The fourth-order valence-corrected chi connectivity index (χ4v) is 1.47. The summed E-state index contributed by atoms with van der Waals surface area (Å²) in [6.07, 6.45) is 1.87. The van der Waals surface area contributed by atoms with Gasteiger partial charge < -0.3 is 10.5 Å². The number of aromatic nitrogens is 2. The van der Waals surface area contributed by atoms with E-state index in [0.29, 0.717) is 5.69 Å². The molecule has 13 heavy (non-hydrogen) atoms. The maximum absolute atomic E-state index is 11.0. The van der Waals surface area contributed by atoms with Crippen molar-refractivity contribution in [2.75, 3.05) is 12.3 Å². The van der Waals surface area contributed by atoms with Crippen molar-refractivity contribution in [3.05, 3.63) is 22.1 Å². The first-order valence-electron chi connectivity index (χ1n) is 4.24. The third-order valence-electron chi connectivity index (χ3n) is 2.04. The third-order valence-corrected chi connectivity index (χ3v) is 2.04. The number of aromatic amines is 1. The molecule has 1 saturated heterocycles. The Morgan fingerprint density at radius 1 is 1.69 bits per heavy atom. The molecule has 0 amide bonds. The smallest absolute Gasteiger partial charge is 0.252 e. The molecule has 0 aromatic carbocycles. The number of nitrogens with zero attached hydrogens (tertiary/aromatic N) is 1. The number of nitrogens with one attached hydrogen (secondary N) is 1. The van der Waals surface area contributed by atoms with Gasteiger partial charge in [-0.3, -0.25) is 9.78 Å². The van der Waals surface area contributed by atoms with Gasteiger partial charge in [0.15, 0.2) is 0 Å². The highest BCUT2D eigenvalue weighted by molar-refractivity contribution is 5.19. The van der Waals surface area contributed by atoms with Gasteiger partial charge in [0.05, 0.1) is 11.8 Å². The lowest BCUT2D eigenvalue weighted by molar-refractivity contribution is 0.108. The second kappa shape index (κ2) is 3.18. The second-order valence-electron chi connectivity index (χ2n) is 3.06. The van der Waals surface area contributed by atoms with E-state index in [-0.39, 0.29) is 17.6 Å². The molecule has 0 unspecified atom stereocenters. The van der Waals surface area contributed by atoms with Gasteiger partial charge in [-0.15, -0.1) is 0 Å². The largest absolute Gasteiger partial charge is 0.372 e. The van der Waals surface area contributed by atoms with Gasteiger partial charge in [-0.2, -0.15) is 0 Å². The summed E-state index contributed by atoms with van der Waals surface area (Å²) in [6, 6.07) is 1.44. The first-order chi connectivity index (χ1) is 6.25. The van der Waals surface area contributed by atoms with E-state index in [0.717, 1.165) is 19.4 Å². The highest BCUT2D eigenvalue weighted by Crippen LogP contribution is 2.26. The Bertz CT molecular complexity index is 355. The average Bonchev–Trinajstić information content (AvgIpc) is 2.53. The first kappa shape index (κ1) is 8.25. The van der Waals surface area contributed by atoms with Crippen LogP contribution < -0.4 is 11.3 Å². The molecule has 2 rings (SSSR count). The summed E-state index contributed by atoms with van der Waals surface area (Å²) in [5.41, 5.74) is 5.82. The van der Waals surface area contributed by atoms with Crippen molar-refractivity contribution >= 4 is 5.95 Å². The molecule has 0 bridgehead atoms. The summed E-state index contributed by atoms with van der Waals surface area (Å²) in [5, 5.41) is 0. The van der Waals surface area contributed by atoms with Crippen LogP contribution >= 0.6 is 0 Å². The average molecular weight is 181 g/mol. The molecule has 1 fully saturated rings. The Labute approximate surface area is 74.9 Å². The van der Waals surface area contributed by atoms with Crippen LogP contribution in [0.1, 0.15) is 24.6 Å². The monoisotopic (exact) mass is 181 g/mol. The summed E-state index contributed by atoms with van der Waals surface area (Å²) in [6.45, 7) is 0.735. The van der Waals surface area contributed by atoms with Crippen LogP contribution in [-0.2, 0) is 4.74 Å². The van der Waals surface area contributed by atoms with Crippen molar-refractivity contribution < 1.29 is 4.74 Å². The van der Waals surface area contributed by atoms with Crippen molar-refractivity contribution in [3.8, 4) is 0 Å². The minimum Gasteiger partial charge on any atom is -0.372 e. The molecular weight excluding hydrogens is 170 g/mol. The number of hydrogen-bond acceptors (Lipinski definition) is 4. The van der Waals surface area contributed by atoms with E-state index in [9.17, 15) is 4.79 Å². The summed E-state index contributed by atoms with van der Waals surface area (Å²) in [5.74, 6) is 0.151. The SMILES string of the molecule is Nc1nc([C@H]2CCCO2)cc(=O)[nH]1. The van der Waals surface area contributed by atoms with Gasteiger partial charge in [0.2, 0.25) is 5.95 Å². The van der Waals surface area contributed by atoms with Gasteiger partial charge in [0.1, 0.15) is 0 Å². The molecule has 1 aliphatic rings. The molecule has 1 aromatic heterocycles. The van der Waals surface area contributed by atoms with Crippen molar-refractivity contribution in [1.29, 1.82) is 0 Å². The second-order valence-corrected chi connectivity index (χ2v) is 3.06.